The highest BCUT2D eigenvalue weighted by Crippen LogP contribution is 2.19. The van der Waals surface area contributed by atoms with Crippen molar-refractivity contribution in [1.82, 2.24) is 0 Å². The van der Waals surface area contributed by atoms with E-state index in [4.69, 9.17) is 14.6 Å². The Labute approximate surface area is 87.4 Å². The Balaban J connectivity index is 2.47. The van der Waals surface area contributed by atoms with E-state index >= 15 is 0 Å². The molecule has 6 heteroatoms. The van der Waals surface area contributed by atoms with Crippen LogP contribution in [0.25, 0.3) is 0 Å². The summed E-state index contributed by atoms with van der Waals surface area (Å²) in [6, 6.07) is 0. The van der Waals surface area contributed by atoms with Gasteiger partial charge in [-0.1, -0.05) is 6.08 Å². The molecule has 4 N–H and O–H groups in total. The zero-order valence-electron chi connectivity index (χ0n) is 8.19. The molecule has 1 heterocycles. The van der Waals surface area contributed by atoms with Crippen molar-refractivity contribution in [2.45, 2.75) is 30.7 Å². The van der Waals surface area contributed by atoms with Crippen LogP contribution in [0.15, 0.2) is 12.7 Å². The maximum absolute atomic E-state index is 9.47. The smallest absolute Gasteiger partial charge is 0.184 e. The molecule has 0 aromatic carbocycles. The van der Waals surface area contributed by atoms with Crippen molar-refractivity contribution in [3.8, 4) is 0 Å². The molecule has 0 aromatic rings. The normalized spacial score (nSPS) is 41.5. The molecule has 0 amide bonds. The van der Waals surface area contributed by atoms with Crippen LogP contribution in [0.1, 0.15) is 0 Å². The standard InChI is InChI=1S/C9H16O6/c1-2-3-14-4-5-6(10)7(11)8(12)9(13)15-5/h2,5-13H,1,3-4H2/t5-,6+,7+,8-,9+/m1/s1. The lowest BCUT2D eigenvalue weighted by molar-refractivity contribution is -0.288. The van der Waals surface area contributed by atoms with E-state index in [0.29, 0.717) is 0 Å². The van der Waals surface area contributed by atoms with Gasteiger partial charge in [-0.3, -0.25) is 0 Å². The Morgan fingerprint density at radius 3 is 2.40 bits per heavy atom. The van der Waals surface area contributed by atoms with Gasteiger partial charge in [0.25, 0.3) is 0 Å². The minimum absolute atomic E-state index is 0.00796. The van der Waals surface area contributed by atoms with Crippen LogP contribution in [-0.4, -0.2) is 64.3 Å². The predicted molar refractivity (Wildman–Crippen MR) is 49.9 cm³/mol. The van der Waals surface area contributed by atoms with Gasteiger partial charge in [0, 0.05) is 0 Å². The maximum Gasteiger partial charge on any atom is 0.184 e. The summed E-state index contributed by atoms with van der Waals surface area (Å²) in [7, 11) is 0. The number of ether oxygens (including phenoxy) is 2. The number of aliphatic hydroxyl groups excluding tert-OH is 4. The van der Waals surface area contributed by atoms with Crippen molar-refractivity contribution in [2.24, 2.45) is 0 Å². The molecule has 88 valence electrons. The molecule has 0 saturated carbocycles. The van der Waals surface area contributed by atoms with E-state index in [1.165, 1.54) is 6.08 Å². The molecule has 1 rings (SSSR count). The van der Waals surface area contributed by atoms with E-state index in [0.717, 1.165) is 0 Å². The van der Waals surface area contributed by atoms with E-state index in [1.807, 2.05) is 0 Å². The summed E-state index contributed by atoms with van der Waals surface area (Å²) >= 11 is 0. The fourth-order valence-corrected chi connectivity index (χ4v) is 1.34. The number of hydrogen-bond donors (Lipinski definition) is 4. The van der Waals surface area contributed by atoms with Crippen LogP contribution in [0.4, 0.5) is 0 Å². The van der Waals surface area contributed by atoms with Crippen LogP contribution in [0.2, 0.25) is 0 Å². The first-order valence-electron chi connectivity index (χ1n) is 4.64. The van der Waals surface area contributed by atoms with Crippen LogP contribution >= 0.6 is 0 Å². The van der Waals surface area contributed by atoms with Gasteiger partial charge in [-0.25, -0.2) is 0 Å². The zero-order chi connectivity index (χ0) is 11.4. The molecule has 1 aliphatic heterocycles. The molecule has 0 aromatic heterocycles. The highest BCUT2D eigenvalue weighted by Gasteiger charge is 2.42. The summed E-state index contributed by atoms with van der Waals surface area (Å²) in [5.74, 6) is 0. The molecule has 1 aliphatic rings. The molecule has 0 unspecified atom stereocenters. The Morgan fingerprint density at radius 2 is 1.80 bits per heavy atom. The SMILES string of the molecule is C=CCOC[C@H]1O[C@H](O)[C@H](O)[C@@H](O)[C@H]1O. The summed E-state index contributed by atoms with van der Waals surface area (Å²) < 4.78 is 9.88. The zero-order valence-corrected chi connectivity index (χ0v) is 8.19. The molecule has 1 saturated heterocycles. The topological polar surface area (TPSA) is 99.4 Å². The van der Waals surface area contributed by atoms with E-state index in [1.54, 1.807) is 0 Å². The summed E-state index contributed by atoms with van der Waals surface area (Å²) in [6.07, 6.45) is -5.08. The van der Waals surface area contributed by atoms with E-state index < -0.39 is 30.7 Å². The Kier molecular flexibility index (Phi) is 4.65. The van der Waals surface area contributed by atoms with Gasteiger partial charge in [-0.15, -0.1) is 6.58 Å². The fourth-order valence-electron chi connectivity index (χ4n) is 1.34. The monoisotopic (exact) mass is 220 g/mol. The lowest BCUT2D eigenvalue weighted by Gasteiger charge is -2.38. The second-order valence-electron chi connectivity index (χ2n) is 3.36. The Morgan fingerprint density at radius 1 is 1.13 bits per heavy atom. The van der Waals surface area contributed by atoms with Crippen LogP contribution in [0, 0.1) is 0 Å². The van der Waals surface area contributed by atoms with Gasteiger partial charge in [-0.05, 0) is 0 Å². The molecule has 5 atom stereocenters. The summed E-state index contributed by atoms with van der Waals surface area (Å²) in [5.41, 5.74) is 0. The molecule has 0 bridgehead atoms. The van der Waals surface area contributed by atoms with Gasteiger partial charge in [0.1, 0.15) is 24.4 Å². The van der Waals surface area contributed by atoms with E-state index in [2.05, 4.69) is 6.58 Å². The third-order valence-corrected chi connectivity index (χ3v) is 2.20. The maximum atomic E-state index is 9.47. The van der Waals surface area contributed by atoms with Crippen molar-refractivity contribution in [1.29, 1.82) is 0 Å². The predicted octanol–water partition coefficient (Wildman–Crippen LogP) is -2.01. The highest BCUT2D eigenvalue weighted by molar-refractivity contribution is 4.88. The average Bonchev–Trinajstić information content (AvgIpc) is 2.23. The van der Waals surface area contributed by atoms with Gasteiger partial charge < -0.3 is 29.9 Å². The quantitative estimate of drug-likeness (QED) is 0.323. The van der Waals surface area contributed by atoms with E-state index in [-0.39, 0.29) is 13.2 Å². The van der Waals surface area contributed by atoms with Crippen molar-refractivity contribution in [3.05, 3.63) is 12.7 Å². The van der Waals surface area contributed by atoms with Crippen LogP contribution in [0.5, 0.6) is 0 Å². The molecule has 1 fully saturated rings. The third-order valence-electron chi connectivity index (χ3n) is 2.20. The molecular formula is C9H16O6. The van der Waals surface area contributed by atoms with Crippen molar-refractivity contribution >= 4 is 0 Å². The summed E-state index contributed by atoms with van der Waals surface area (Å²) in [4.78, 5) is 0. The summed E-state index contributed by atoms with van der Waals surface area (Å²) in [6.45, 7) is 3.72. The molecule has 0 radical (unpaired) electrons. The number of rotatable bonds is 4. The third kappa shape index (κ3) is 2.97. The largest absolute Gasteiger partial charge is 0.387 e. The minimum atomic E-state index is -1.51. The van der Waals surface area contributed by atoms with Crippen LogP contribution < -0.4 is 0 Å². The second-order valence-corrected chi connectivity index (χ2v) is 3.36. The second kappa shape index (κ2) is 5.55. The molecule has 6 nitrogen and oxygen atoms in total. The minimum Gasteiger partial charge on any atom is -0.387 e. The molecular weight excluding hydrogens is 204 g/mol. The molecule has 0 aliphatic carbocycles. The number of hydrogen-bond acceptors (Lipinski definition) is 6. The van der Waals surface area contributed by atoms with Gasteiger partial charge in [0.05, 0.1) is 13.2 Å². The lowest BCUT2D eigenvalue weighted by Crippen LogP contribution is -2.58. The first-order chi connectivity index (χ1) is 7.07. The van der Waals surface area contributed by atoms with Crippen molar-refractivity contribution < 1.29 is 29.9 Å². The van der Waals surface area contributed by atoms with Gasteiger partial charge in [-0.2, -0.15) is 0 Å². The molecule has 15 heavy (non-hydrogen) atoms. The van der Waals surface area contributed by atoms with Crippen LogP contribution in [-0.2, 0) is 9.47 Å². The van der Waals surface area contributed by atoms with Crippen molar-refractivity contribution in [3.63, 3.8) is 0 Å². The lowest BCUT2D eigenvalue weighted by atomic mass is 9.99. The van der Waals surface area contributed by atoms with Gasteiger partial charge in [0.2, 0.25) is 0 Å². The first-order valence-corrected chi connectivity index (χ1v) is 4.64. The van der Waals surface area contributed by atoms with Gasteiger partial charge >= 0.3 is 0 Å². The van der Waals surface area contributed by atoms with Gasteiger partial charge in [0.15, 0.2) is 6.29 Å². The Hall–Kier alpha value is -0.500. The Bertz CT molecular complexity index is 209. The summed E-state index contributed by atoms with van der Waals surface area (Å²) in [5, 5.41) is 37.1. The van der Waals surface area contributed by atoms with E-state index in [9.17, 15) is 15.3 Å². The average molecular weight is 220 g/mol. The molecule has 0 spiro atoms. The number of aliphatic hydroxyl groups is 4. The van der Waals surface area contributed by atoms with Crippen LogP contribution in [0.3, 0.4) is 0 Å². The first kappa shape index (κ1) is 12.6. The highest BCUT2D eigenvalue weighted by atomic mass is 16.6. The van der Waals surface area contributed by atoms with Crippen molar-refractivity contribution in [2.75, 3.05) is 13.2 Å². The fraction of sp³-hybridized carbons (Fsp3) is 0.778.